The van der Waals surface area contributed by atoms with Gasteiger partial charge in [0.05, 0.1) is 12.0 Å². The fourth-order valence-corrected chi connectivity index (χ4v) is 4.15. The van der Waals surface area contributed by atoms with E-state index in [0.29, 0.717) is 30.3 Å². The molecule has 0 radical (unpaired) electrons. The average molecular weight is 434 g/mol. The number of hydrogen-bond acceptors (Lipinski definition) is 5. The molecule has 166 valence electrons. The maximum Gasteiger partial charge on any atom is 0.254 e. The number of hydrogen-bond donors (Lipinski definition) is 2. The molecule has 0 saturated carbocycles. The molecule has 8 heteroatoms. The molecule has 0 aliphatic carbocycles. The van der Waals surface area contributed by atoms with E-state index in [1.165, 1.54) is 7.11 Å². The molecule has 1 aliphatic heterocycles. The van der Waals surface area contributed by atoms with Gasteiger partial charge in [-0.3, -0.25) is 14.7 Å². The van der Waals surface area contributed by atoms with Crippen LogP contribution in [-0.2, 0) is 9.53 Å². The number of benzene rings is 2. The van der Waals surface area contributed by atoms with Gasteiger partial charge in [-0.15, -0.1) is 0 Å². The van der Waals surface area contributed by atoms with Crippen molar-refractivity contribution < 1.29 is 14.3 Å². The highest BCUT2D eigenvalue weighted by atomic mass is 16.5. The Hall–Kier alpha value is -3.52. The molecule has 32 heavy (non-hydrogen) atoms. The van der Waals surface area contributed by atoms with Crippen LogP contribution in [0.3, 0.4) is 0 Å². The van der Waals surface area contributed by atoms with E-state index >= 15 is 0 Å². The van der Waals surface area contributed by atoms with Crippen LogP contribution >= 0.6 is 0 Å². The second-order valence-electron chi connectivity index (χ2n) is 8.15. The summed E-state index contributed by atoms with van der Waals surface area (Å²) in [4.78, 5) is 32.0. The summed E-state index contributed by atoms with van der Waals surface area (Å²) in [5.41, 5.74) is 3.61. The number of amides is 2. The normalized spacial score (nSPS) is 18.0. The summed E-state index contributed by atoms with van der Waals surface area (Å²) in [7, 11) is 1.48. The molecular weight excluding hydrogens is 406 g/mol. The van der Waals surface area contributed by atoms with Crippen molar-refractivity contribution in [3.63, 3.8) is 0 Å². The fourth-order valence-electron chi connectivity index (χ4n) is 4.15. The van der Waals surface area contributed by atoms with Crippen LogP contribution < -0.4 is 5.32 Å². The van der Waals surface area contributed by atoms with Crippen LogP contribution in [0.2, 0.25) is 0 Å². The van der Waals surface area contributed by atoms with Crippen LogP contribution in [0.5, 0.6) is 0 Å². The quantitative estimate of drug-likeness (QED) is 0.622. The highest BCUT2D eigenvalue weighted by molar-refractivity contribution is 5.96. The van der Waals surface area contributed by atoms with Gasteiger partial charge in [-0.25, -0.2) is 4.98 Å². The Morgan fingerprint density at radius 1 is 1.16 bits per heavy atom. The lowest BCUT2D eigenvalue weighted by atomic mass is 10.0. The number of methoxy groups -OCH3 is 1. The summed E-state index contributed by atoms with van der Waals surface area (Å²) < 4.78 is 4.96. The van der Waals surface area contributed by atoms with Crippen molar-refractivity contribution in [2.24, 2.45) is 0 Å². The third kappa shape index (κ3) is 4.55. The van der Waals surface area contributed by atoms with Crippen LogP contribution in [0, 0.1) is 13.8 Å². The number of rotatable bonds is 6. The predicted octanol–water partition coefficient (Wildman–Crippen LogP) is 2.46. The van der Waals surface area contributed by atoms with Gasteiger partial charge in [-0.1, -0.05) is 48.0 Å². The van der Waals surface area contributed by atoms with Gasteiger partial charge in [-0.2, -0.15) is 5.10 Å². The molecular formula is C24H27N5O3. The number of carbonyl (C=O) groups is 2. The van der Waals surface area contributed by atoms with Gasteiger partial charge in [0.25, 0.3) is 5.91 Å². The SMILES string of the molecule is COCC(=O)N[C@@H]1CN(C(=O)c2ccc(C)cc2C)C[C@H]1c1nc(-c2ccccc2)n[nH]1. The van der Waals surface area contributed by atoms with Gasteiger partial charge in [0.1, 0.15) is 12.4 Å². The largest absolute Gasteiger partial charge is 0.375 e. The first kappa shape index (κ1) is 21.7. The Morgan fingerprint density at radius 3 is 2.66 bits per heavy atom. The smallest absolute Gasteiger partial charge is 0.254 e. The fraction of sp³-hybridized carbons (Fsp3) is 0.333. The number of H-pyrrole nitrogens is 1. The van der Waals surface area contributed by atoms with Gasteiger partial charge in [-0.05, 0) is 25.5 Å². The minimum Gasteiger partial charge on any atom is -0.375 e. The predicted molar refractivity (Wildman–Crippen MR) is 120 cm³/mol. The first-order chi connectivity index (χ1) is 15.5. The Labute approximate surface area is 187 Å². The van der Waals surface area contributed by atoms with Crippen LogP contribution in [-0.4, -0.2) is 64.7 Å². The molecule has 2 N–H and O–H groups in total. The number of ether oxygens (including phenoxy) is 1. The van der Waals surface area contributed by atoms with Crippen molar-refractivity contribution >= 4 is 11.8 Å². The van der Waals surface area contributed by atoms with E-state index < -0.39 is 0 Å². The second-order valence-corrected chi connectivity index (χ2v) is 8.15. The Kier molecular flexibility index (Phi) is 6.32. The molecule has 2 atom stereocenters. The third-order valence-electron chi connectivity index (χ3n) is 5.73. The molecule has 4 rings (SSSR count). The zero-order chi connectivity index (χ0) is 22.7. The zero-order valence-electron chi connectivity index (χ0n) is 18.5. The van der Waals surface area contributed by atoms with Crippen molar-refractivity contribution in [3.8, 4) is 11.4 Å². The van der Waals surface area contributed by atoms with Gasteiger partial charge in [0.2, 0.25) is 5.91 Å². The average Bonchev–Trinajstić information content (AvgIpc) is 3.41. The Bertz CT molecular complexity index is 1110. The van der Waals surface area contributed by atoms with E-state index in [1.807, 2.05) is 62.4 Å². The Morgan fingerprint density at radius 2 is 1.94 bits per heavy atom. The molecule has 0 unspecified atom stereocenters. The van der Waals surface area contributed by atoms with Gasteiger partial charge in [0, 0.05) is 31.3 Å². The maximum atomic E-state index is 13.3. The summed E-state index contributed by atoms with van der Waals surface area (Å²) in [6.07, 6.45) is 0. The summed E-state index contributed by atoms with van der Waals surface area (Å²) in [5.74, 6) is 0.726. The lowest BCUT2D eigenvalue weighted by Gasteiger charge is -2.18. The number of nitrogens with zero attached hydrogens (tertiary/aromatic N) is 3. The van der Waals surface area contributed by atoms with Gasteiger partial charge < -0.3 is 15.0 Å². The first-order valence-electron chi connectivity index (χ1n) is 10.6. The monoisotopic (exact) mass is 433 g/mol. The van der Waals surface area contributed by atoms with Crippen LogP contribution in [0.4, 0.5) is 0 Å². The van der Waals surface area contributed by atoms with Crippen molar-refractivity contribution in [1.29, 1.82) is 0 Å². The highest BCUT2D eigenvalue weighted by Gasteiger charge is 2.39. The number of aromatic amines is 1. The molecule has 0 bridgehead atoms. The summed E-state index contributed by atoms with van der Waals surface area (Å²) in [6, 6.07) is 15.2. The van der Waals surface area contributed by atoms with E-state index in [9.17, 15) is 9.59 Å². The molecule has 2 heterocycles. The van der Waals surface area contributed by atoms with E-state index in [-0.39, 0.29) is 30.4 Å². The third-order valence-corrected chi connectivity index (χ3v) is 5.73. The summed E-state index contributed by atoms with van der Waals surface area (Å²) in [5, 5.41) is 10.4. The highest BCUT2D eigenvalue weighted by Crippen LogP contribution is 2.28. The molecule has 1 aliphatic rings. The minimum absolute atomic E-state index is 0.0418. The van der Waals surface area contributed by atoms with Crippen molar-refractivity contribution in [2.75, 3.05) is 26.8 Å². The molecule has 2 amide bonds. The van der Waals surface area contributed by atoms with Crippen LogP contribution in [0.15, 0.2) is 48.5 Å². The Balaban J connectivity index is 1.59. The lowest BCUT2D eigenvalue weighted by molar-refractivity contribution is -0.125. The second kappa shape index (κ2) is 9.32. The van der Waals surface area contributed by atoms with E-state index in [4.69, 9.17) is 4.74 Å². The van der Waals surface area contributed by atoms with Crippen molar-refractivity contribution in [2.45, 2.75) is 25.8 Å². The minimum atomic E-state index is -0.302. The van der Waals surface area contributed by atoms with Gasteiger partial charge in [0.15, 0.2) is 5.82 Å². The van der Waals surface area contributed by atoms with E-state index in [0.717, 1.165) is 16.7 Å². The van der Waals surface area contributed by atoms with E-state index in [1.54, 1.807) is 4.90 Å². The number of likely N-dealkylation sites (tertiary alicyclic amines) is 1. The molecule has 1 fully saturated rings. The number of nitrogens with one attached hydrogen (secondary N) is 2. The van der Waals surface area contributed by atoms with Crippen molar-refractivity contribution in [3.05, 3.63) is 71.0 Å². The van der Waals surface area contributed by atoms with Crippen molar-refractivity contribution in [1.82, 2.24) is 25.4 Å². The zero-order valence-corrected chi connectivity index (χ0v) is 18.5. The van der Waals surface area contributed by atoms with Crippen LogP contribution in [0.1, 0.15) is 33.2 Å². The standard InChI is InChI=1S/C24H27N5O3/c1-15-9-10-18(16(2)11-15)24(31)29-12-19(20(13-29)25-21(30)14-32-3)23-26-22(27-28-23)17-7-5-4-6-8-17/h4-11,19-20H,12-14H2,1-3H3,(H,25,30)(H,26,27,28)/t19-,20-/m1/s1. The number of aryl methyl sites for hydroxylation is 2. The van der Waals surface area contributed by atoms with Crippen LogP contribution in [0.25, 0.3) is 11.4 Å². The maximum absolute atomic E-state index is 13.3. The molecule has 8 nitrogen and oxygen atoms in total. The molecule has 3 aromatic rings. The molecule has 1 aromatic heterocycles. The first-order valence-corrected chi connectivity index (χ1v) is 10.6. The topological polar surface area (TPSA) is 100 Å². The molecule has 1 saturated heterocycles. The summed E-state index contributed by atoms with van der Waals surface area (Å²) in [6.45, 7) is 4.71. The lowest BCUT2D eigenvalue weighted by Crippen LogP contribution is -2.42. The summed E-state index contributed by atoms with van der Waals surface area (Å²) >= 11 is 0. The number of aromatic nitrogens is 3. The molecule has 2 aromatic carbocycles. The molecule has 0 spiro atoms. The number of carbonyl (C=O) groups excluding carboxylic acids is 2. The van der Waals surface area contributed by atoms with E-state index in [2.05, 4.69) is 20.5 Å². The van der Waals surface area contributed by atoms with Gasteiger partial charge >= 0.3 is 0 Å².